The van der Waals surface area contributed by atoms with E-state index in [0.717, 1.165) is 9.28 Å². The molecule has 1 nitrogen and oxygen atoms in total. The molecule has 11 heavy (non-hydrogen) atoms. The fourth-order valence-corrected chi connectivity index (χ4v) is 0.849. The van der Waals surface area contributed by atoms with Gasteiger partial charge in [0.1, 0.15) is 0 Å². The highest BCUT2D eigenvalue weighted by atomic mass is 127. The van der Waals surface area contributed by atoms with Gasteiger partial charge in [-0.2, -0.15) is 0 Å². The number of allylic oxidation sites excluding steroid dienone is 4. The number of nitrogens with zero attached hydrogens (tertiary/aromatic N) is 1. The van der Waals surface area contributed by atoms with Crippen molar-refractivity contribution < 1.29 is 0 Å². The van der Waals surface area contributed by atoms with E-state index < -0.39 is 0 Å². The molecule has 0 fully saturated rings. The molecule has 0 bridgehead atoms. The standard InChI is InChI=1S/C9H12IN/c1-4-6-7-9(8(3)10)11-5-2/h4-7H,3H2,1-2H3/b6-4-,9-7+,11-5?. The lowest BCUT2D eigenvalue weighted by Crippen LogP contribution is -1.75. The van der Waals surface area contributed by atoms with Gasteiger partial charge in [-0.1, -0.05) is 18.7 Å². The molecule has 2 heteroatoms. The van der Waals surface area contributed by atoms with Crippen LogP contribution in [0.15, 0.2) is 39.1 Å². The zero-order valence-electron chi connectivity index (χ0n) is 6.84. The van der Waals surface area contributed by atoms with Crippen molar-refractivity contribution in [1.82, 2.24) is 0 Å². The van der Waals surface area contributed by atoms with Crippen LogP contribution in [0.5, 0.6) is 0 Å². The molecule has 0 amide bonds. The highest BCUT2D eigenvalue weighted by molar-refractivity contribution is 14.1. The van der Waals surface area contributed by atoms with Crippen LogP contribution in [0.4, 0.5) is 0 Å². The van der Waals surface area contributed by atoms with Crippen LogP contribution in [0.1, 0.15) is 13.8 Å². The Balaban J connectivity index is 4.45. The predicted molar refractivity (Wildman–Crippen MR) is 60.2 cm³/mol. The molecular formula is C9H12IN. The average molecular weight is 261 g/mol. The summed E-state index contributed by atoms with van der Waals surface area (Å²) in [5.74, 6) is 0. The van der Waals surface area contributed by atoms with Crippen LogP contribution in [-0.2, 0) is 0 Å². The van der Waals surface area contributed by atoms with E-state index in [-0.39, 0.29) is 0 Å². The topological polar surface area (TPSA) is 12.4 Å². The molecule has 0 aromatic heterocycles. The SMILES string of the molecule is C=C(I)/C(=C\C=C/C)N=CC. The van der Waals surface area contributed by atoms with Crippen molar-refractivity contribution in [3.05, 3.63) is 34.1 Å². The Morgan fingerprint density at radius 3 is 2.45 bits per heavy atom. The maximum Gasteiger partial charge on any atom is 0.0752 e. The molecule has 0 rings (SSSR count). The summed E-state index contributed by atoms with van der Waals surface area (Å²) in [5.41, 5.74) is 0.922. The maximum atomic E-state index is 4.14. The third kappa shape index (κ3) is 4.95. The summed E-state index contributed by atoms with van der Waals surface area (Å²) in [4.78, 5) is 4.14. The van der Waals surface area contributed by atoms with Gasteiger partial charge in [0.15, 0.2) is 0 Å². The van der Waals surface area contributed by atoms with Gasteiger partial charge in [-0.05, 0) is 42.5 Å². The van der Waals surface area contributed by atoms with Gasteiger partial charge in [-0.15, -0.1) is 0 Å². The summed E-state index contributed by atoms with van der Waals surface area (Å²) >= 11 is 2.16. The normalized spacial score (nSPS) is 13.2. The molecule has 0 unspecified atom stereocenters. The lowest BCUT2D eigenvalue weighted by atomic mass is 10.4. The zero-order chi connectivity index (χ0) is 8.69. The van der Waals surface area contributed by atoms with Gasteiger partial charge in [0.2, 0.25) is 0 Å². The van der Waals surface area contributed by atoms with E-state index in [1.54, 1.807) is 6.21 Å². The van der Waals surface area contributed by atoms with E-state index in [2.05, 4.69) is 34.2 Å². The first-order valence-corrected chi connectivity index (χ1v) is 4.46. The Bertz CT molecular complexity index is 212. The summed E-state index contributed by atoms with van der Waals surface area (Å²) in [6, 6.07) is 0. The molecule has 0 aliphatic carbocycles. The van der Waals surface area contributed by atoms with Crippen LogP contribution in [0.3, 0.4) is 0 Å². The molecule has 0 aromatic carbocycles. The largest absolute Gasteiger partial charge is 0.260 e. The Hall–Kier alpha value is -0.380. The second-order valence-corrected chi connectivity index (χ2v) is 3.17. The molecule has 0 aliphatic heterocycles. The third-order valence-corrected chi connectivity index (χ3v) is 1.55. The van der Waals surface area contributed by atoms with Gasteiger partial charge in [0, 0.05) is 9.79 Å². The van der Waals surface area contributed by atoms with Crippen LogP contribution in [0.25, 0.3) is 0 Å². The highest BCUT2D eigenvalue weighted by Gasteiger charge is 1.91. The van der Waals surface area contributed by atoms with E-state index in [1.165, 1.54) is 0 Å². The Labute approximate surface area is 81.7 Å². The average Bonchev–Trinajstić information content (AvgIpc) is 1.97. The first kappa shape index (κ1) is 10.6. The summed E-state index contributed by atoms with van der Waals surface area (Å²) in [6.07, 6.45) is 7.62. The second-order valence-electron chi connectivity index (χ2n) is 1.87. The molecule has 0 spiro atoms. The maximum absolute atomic E-state index is 4.14. The summed E-state index contributed by atoms with van der Waals surface area (Å²) < 4.78 is 0.957. The van der Waals surface area contributed by atoms with Gasteiger partial charge < -0.3 is 0 Å². The number of halogens is 1. The first-order valence-electron chi connectivity index (χ1n) is 3.38. The smallest absolute Gasteiger partial charge is 0.0752 e. The Kier molecular flexibility index (Phi) is 6.12. The van der Waals surface area contributed by atoms with Gasteiger partial charge >= 0.3 is 0 Å². The quantitative estimate of drug-likeness (QED) is 0.419. The summed E-state index contributed by atoms with van der Waals surface area (Å²) in [7, 11) is 0. The Morgan fingerprint density at radius 1 is 1.45 bits per heavy atom. The molecule has 0 atom stereocenters. The summed E-state index contributed by atoms with van der Waals surface area (Å²) in [5, 5.41) is 0. The van der Waals surface area contributed by atoms with Crippen LogP contribution in [-0.4, -0.2) is 6.21 Å². The molecule has 0 saturated carbocycles. The van der Waals surface area contributed by atoms with Crippen molar-refractivity contribution in [2.45, 2.75) is 13.8 Å². The fraction of sp³-hybridized carbons (Fsp3) is 0.222. The molecule has 0 aromatic rings. The molecule has 0 N–H and O–H groups in total. The monoisotopic (exact) mass is 261 g/mol. The zero-order valence-corrected chi connectivity index (χ0v) is 9.00. The number of aliphatic imine (C=N–C) groups is 1. The highest BCUT2D eigenvalue weighted by Crippen LogP contribution is 2.15. The Morgan fingerprint density at radius 2 is 2.09 bits per heavy atom. The van der Waals surface area contributed by atoms with Crippen LogP contribution < -0.4 is 0 Å². The van der Waals surface area contributed by atoms with Crippen LogP contribution in [0, 0.1) is 0 Å². The van der Waals surface area contributed by atoms with E-state index in [0.29, 0.717) is 0 Å². The van der Waals surface area contributed by atoms with Crippen LogP contribution >= 0.6 is 22.6 Å². The fourth-order valence-electron chi connectivity index (χ4n) is 0.530. The minimum atomic E-state index is 0.922. The van der Waals surface area contributed by atoms with Crippen molar-refractivity contribution in [3.63, 3.8) is 0 Å². The number of hydrogen-bond acceptors (Lipinski definition) is 1. The van der Waals surface area contributed by atoms with Crippen molar-refractivity contribution in [2.75, 3.05) is 0 Å². The number of hydrogen-bond donors (Lipinski definition) is 0. The van der Waals surface area contributed by atoms with Crippen molar-refractivity contribution in [2.24, 2.45) is 4.99 Å². The van der Waals surface area contributed by atoms with Gasteiger partial charge in [-0.3, -0.25) is 4.99 Å². The van der Waals surface area contributed by atoms with Crippen LogP contribution in [0.2, 0.25) is 0 Å². The lowest BCUT2D eigenvalue weighted by molar-refractivity contribution is 1.41. The minimum absolute atomic E-state index is 0.922. The molecule has 0 heterocycles. The summed E-state index contributed by atoms with van der Waals surface area (Å²) in [6.45, 7) is 7.66. The van der Waals surface area contributed by atoms with E-state index in [4.69, 9.17) is 0 Å². The first-order chi connectivity index (χ1) is 5.22. The van der Waals surface area contributed by atoms with E-state index in [9.17, 15) is 0 Å². The van der Waals surface area contributed by atoms with Gasteiger partial charge in [-0.25, -0.2) is 0 Å². The van der Waals surface area contributed by atoms with Crippen molar-refractivity contribution in [1.29, 1.82) is 0 Å². The van der Waals surface area contributed by atoms with Crippen molar-refractivity contribution in [3.8, 4) is 0 Å². The molecule has 0 radical (unpaired) electrons. The van der Waals surface area contributed by atoms with E-state index >= 15 is 0 Å². The molecule has 0 saturated heterocycles. The lowest BCUT2D eigenvalue weighted by Gasteiger charge is -1.94. The second kappa shape index (κ2) is 6.34. The molecule has 0 aliphatic rings. The minimum Gasteiger partial charge on any atom is -0.260 e. The predicted octanol–water partition coefficient (Wildman–Crippen LogP) is 3.49. The van der Waals surface area contributed by atoms with Gasteiger partial charge in [0.05, 0.1) is 5.70 Å². The number of rotatable bonds is 3. The van der Waals surface area contributed by atoms with Gasteiger partial charge in [0.25, 0.3) is 0 Å². The molecule has 60 valence electrons. The third-order valence-electron chi connectivity index (χ3n) is 0.993. The molecular weight excluding hydrogens is 249 g/mol. The van der Waals surface area contributed by atoms with Crippen molar-refractivity contribution >= 4 is 28.8 Å². The van der Waals surface area contributed by atoms with E-state index in [1.807, 2.05) is 32.1 Å².